The van der Waals surface area contributed by atoms with Crippen molar-refractivity contribution in [1.82, 2.24) is 9.36 Å². The van der Waals surface area contributed by atoms with Crippen LogP contribution in [-0.4, -0.2) is 9.36 Å². The molecule has 0 saturated heterocycles. The van der Waals surface area contributed by atoms with Crippen molar-refractivity contribution in [3.8, 4) is 0 Å². The Morgan fingerprint density at radius 1 is 1.36 bits per heavy atom. The largest absolute Gasteiger partial charge is 0.225 e. The van der Waals surface area contributed by atoms with Crippen molar-refractivity contribution in [2.24, 2.45) is 0 Å². The zero-order valence-electron chi connectivity index (χ0n) is 6.71. The van der Waals surface area contributed by atoms with Crippen LogP contribution in [0.15, 0.2) is 0 Å². The minimum absolute atomic E-state index is 0.681. The molecule has 1 fully saturated rings. The Balaban J connectivity index is 2.15. The van der Waals surface area contributed by atoms with Crippen LogP contribution in [-0.2, 0) is 0 Å². The molecule has 60 valence electrons. The molecule has 0 amide bonds. The molecular weight excluding hydrogens is 156 g/mol. The molecule has 0 spiro atoms. The van der Waals surface area contributed by atoms with E-state index in [2.05, 4.69) is 9.36 Å². The summed E-state index contributed by atoms with van der Waals surface area (Å²) in [6, 6.07) is 0. The minimum Gasteiger partial charge on any atom is -0.225 e. The molecule has 0 radical (unpaired) electrons. The summed E-state index contributed by atoms with van der Waals surface area (Å²) in [6.07, 6.45) is 5.33. The smallest absolute Gasteiger partial charge is 0.145 e. The number of nitrogens with zero attached hydrogens (tertiary/aromatic N) is 2. The zero-order chi connectivity index (χ0) is 7.68. The molecule has 1 aromatic rings. The quantitative estimate of drug-likeness (QED) is 0.644. The second-order valence-corrected chi connectivity index (χ2v) is 4.11. The van der Waals surface area contributed by atoms with Crippen LogP contribution in [0.2, 0.25) is 0 Å². The van der Waals surface area contributed by atoms with E-state index in [9.17, 15) is 0 Å². The van der Waals surface area contributed by atoms with Gasteiger partial charge in [0.15, 0.2) is 0 Å². The van der Waals surface area contributed by atoms with E-state index in [1.165, 1.54) is 37.2 Å². The van der Waals surface area contributed by atoms with E-state index < -0.39 is 0 Å². The second-order valence-electron chi connectivity index (χ2n) is 3.15. The Hall–Kier alpha value is -0.440. The monoisotopic (exact) mass is 168 g/mol. The highest BCUT2D eigenvalue weighted by atomic mass is 32.1. The molecule has 0 bridgehead atoms. The lowest BCUT2D eigenvalue weighted by molar-refractivity contribution is 0.679. The molecule has 0 aliphatic heterocycles. The summed E-state index contributed by atoms with van der Waals surface area (Å²) in [4.78, 5) is 4.40. The second kappa shape index (κ2) is 2.89. The van der Waals surface area contributed by atoms with Crippen LogP contribution in [0, 0.1) is 6.92 Å². The van der Waals surface area contributed by atoms with Gasteiger partial charge in [0.1, 0.15) is 10.8 Å². The van der Waals surface area contributed by atoms with Gasteiger partial charge in [-0.05, 0) is 31.3 Å². The SMILES string of the molecule is Cc1nc(C2CCCC2)ns1. The molecule has 1 aliphatic carbocycles. The van der Waals surface area contributed by atoms with Crippen LogP contribution >= 0.6 is 11.5 Å². The standard InChI is InChI=1S/C8H12N2S/c1-6-9-8(10-11-6)7-4-2-3-5-7/h7H,2-5H2,1H3. The van der Waals surface area contributed by atoms with Crippen LogP contribution in [0.25, 0.3) is 0 Å². The minimum atomic E-state index is 0.681. The van der Waals surface area contributed by atoms with Crippen LogP contribution in [0.1, 0.15) is 42.4 Å². The van der Waals surface area contributed by atoms with Gasteiger partial charge >= 0.3 is 0 Å². The molecule has 11 heavy (non-hydrogen) atoms. The van der Waals surface area contributed by atoms with Gasteiger partial charge in [0.2, 0.25) is 0 Å². The molecule has 0 N–H and O–H groups in total. The first-order valence-corrected chi connectivity index (χ1v) is 4.94. The Morgan fingerprint density at radius 3 is 2.64 bits per heavy atom. The van der Waals surface area contributed by atoms with Crippen molar-refractivity contribution in [3.05, 3.63) is 10.8 Å². The van der Waals surface area contributed by atoms with Gasteiger partial charge in [-0.1, -0.05) is 12.8 Å². The first-order chi connectivity index (χ1) is 5.36. The summed E-state index contributed by atoms with van der Waals surface area (Å²) in [5.41, 5.74) is 0. The summed E-state index contributed by atoms with van der Waals surface area (Å²) < 4.78 is 4.33. The van der Waals surface area contributed by atoms with Crippen LogP contribution in [0.4, 0.5) is 0 Å². The Kier molecular flexibility index (Phi) is 1.90. The number of hydrogen-bond donors (Lipinski definition) is 0. The van der Waals surface area contributed by atoms with E-state index in [1.54, 1.807) is 0 Å². The molecule has 1 aliphatic rings. The molecular formula is C8H12N2S. The Labute approximate surface area is 70.8 Å². The van der Waals surface area contributed by atoms with Crippen molar-refractivity contribution in [1.29, 1.82) is 0 Å². The zero-order valence-corrected chi connectivity index (χ0v) is 7.52. The van der Waals surface area contributed by atoms with E-state index in [4.69, 9.17) is 0 Å². The maximum absolute atomic E-state index is 4.40. The van der Waals surface area contributed by atoms with Crippen molar-refractivity contribution in [2.75, 3.05) is 0 Å². The van der Waals surface area contributed by atoms with Crippen molar-refractivity contribution in [3.63, 3.8) is 0 Å². The molecule has 1 aromatic heterocycles. The average Bonchev–Trinajstić information content (AvgIpc) is 2.55. The lowest BCUT2D eigenvalue weighted by Gasteiger charge is -2.00. The van der Waals surface area contributed by atoms with Gasteiger partial charge in [-0.25, -0.2) is 4.98 Å². The van der Waals surface area contributed by atoms with Gasteiger partial charge in [-0.15, -0.1) is 0 Å². The fourth-order valence-corrected chi connectivity index (χ4v) is 2.21. The highest BCUT2D eigenvalue weighted by molar-refractivity contribution is 7.05. The van der Waals surface area contributed by atoms with E-state index in [0.29, 0.717) is 5.92 Å². The first kappa shape index (κ1) is 7.22. The van der Waals surface area contributed by atoms with Gasteiger partial charge in [0, 0.05) is 5.92 Å². The molecule has 0 aromatic carbocycles. The van der Waals surface area contributed by atoms with E-state index in [-0.39, 0.29) is 0 Å². The molecule has 1 saturated carbocycles. The predicted octanol–water partition coefficient (Wildman–Crippen LogP) is 2.50. The normalized spacial score (nSPS) is 19.4. The number of rotatable bonds is 1. The van der Waals surface area contributed by atoms with E-state index >= 15 is 0 Å². The van der Waals surface area contributed by atoms with Crippen molar-refractivity contribution >= 4 is 11.5 Å². The summed E-state index contributed by atoms with van der Waals surface area (Å²) >= 11 is 1.53. The predicted molar refractivity (Wildman–Crippen MR) is 45.9 cm³/mol. The molecule has 1 heterocycles. The Bertz CT molecular complexity index is 238. The molecule has 0 atom stereocenters. The van der Waals surface area contributed by atoms with Gasteiger partial charge < -0.3 is 0 Å². The van der Waals surface area contributed by atoms with Crippen molar-refractivity contribution in [2.45, 2.75) is 38.5 Å². The van der Waals surface area contributed by atoms with Crippen LogP contribution < -0.4 is 0 Å². The van der Waals surface area contributed by atoms with Crippen LogP contribution in [0.5, 0.6) is 0 Å². The lowest BCUT2D eigenvalue weighted by atomic mass is 10.1. The van der Waals surface area contributed by atoms with Gasteiger partial charge in [-0.3, -0.25) is 0 Å². The van der Waals surface area contributed by atoms with Gasteiger partial charge in [-0.2, -0.15) is 4.37 Å². The maximum atomic E-state index is 4.40. The number of aryl methyl sites for hydroxylation is 1. The third-order valence-corrected chi connectivity index (χ3v) is 2.90. The van der Waals surface area contributed by atoms with Crippen molar-refractivity contribution < 1.29 is 0 Å². The van der Waals surface area contributed by atoms with E-state index in [0.717, 1.165) is 10.8 Å². The molecule has 2 nitrogen and oxygen atoms in total. The topological polar surface area (TPSA) is 25.8 Å². The fourth-order valence-electron chi connectivity index (χ4n) is 1.66. The molecule has 0 unspecified atom stereocenters. The summed E-state index contributed by atoms with van der Waals surface area (Å²) in [6.45, 7) is 2.02. The van der Waals surface area contributed by atoms with Gasteiger partial charge in [0.05, 0.1) is 0 Å². The fraction of sp³-hybridized carbons (Fsp3) is 0.750. The maximum Gasteiger partial charge on any atom is 0.145 e. The highest BCUT2D eigenvalue weighted by Gasteiger charge is 2.20. The summed E-state index contributed by atoms with van der Waals surface area (Å²) in [5.74, 6) is 1.78. The van der Waals surface area contributed by atoms with E-state index in [1.807, 2.05) is 6.92 Å². The van der Waals surface area contributed by atoms with Crippen LogP contribution in [0.3, 0.4) is 0 Å². The first-order valence-electron chi connectivity index (χ1n) is 4.16. The third-order valence-electron chi connectivity index (χ3n) is 2.26. The third kappa shape index (κ3) is 1.43. The highest BCUT2D eigenvalue weighted by Crippen LogP contribution is 2.32. The molecule has 3 heteroatoms. The lowest BCUT2D eigenvalue weighted by Crippen LogP contribution is -1.94. The Morgan fingerprint density at radius 2 is 2.09 bits per heavy atom. The molecule has 2 rings (SSSR count). The summed E-state index contributed by atoms with van der Waals surface area (Å²) in [5, 5.41) is 1.10. The average molecular weight is 168 g/mol. The summed E-state index contributed by atoms with van der Waals surface area (Å²) in [7, 11) is 0. The number of aromatic nitrogens is 2. The number of hydrogen-bond acceptors (Lipinski definition) is 3. The van der Waals surface area contributed by atoms with Gasteiger partial charge in [0.25, 0.3) is 0 Å².